The summed E-state index contributed by atoms with van der Waals surface area (Å²) in [6.07, 6.45) is 40.6. The molecule has 0 radical (unpaired) electrons. The number of rotatable bonds is 38. The van der Waals surface area contributed by atoms with Crippen molar-refractivity contribution in [3.05, 3.63) is 0 Å². The summed E-state index contributed by atoms with van der Waals surface area (Å²) in [5.74, 6) is -1.04. The van der Waals surface area contributed by atoms with Gasteiger partial charge in [-0.05, 0) is 25.7 Å². The average molecular weight is 666 g/mol. The minimum absolute atomic E-state index is 0.0511. The van der Waals surface area contributed by atoms with Crippen LogP contribution in [0.1, 0.15) is 226 Å². The summed E-state index contributed by atoms with van der Waals surface area (Å²) in [5, 5.41) is 10.9. The summed E-state index contributed by atoms with van der Waals surface area (Å²) in [6.45, 7) is 6.06. The molecule has 0 aliphatic rings. The molecule has 0 amide bonds. The molecule has 0 rings (SSSR count). The van der Waals surface area contributed by atoms with Gasteiger partial charge in [0.2, 0.25) is 0 Å². The predicted molar refractivity (Wildman–Crippen MR) is 200 cm³/mol. The van der Waals surface area contributed by atoms with E-state index in [9.17, 15) is 14.7 Å². The Morgan fingerprint density at radius 3 is 1.19 bits per heavy atom. The van der Waals surface area contributed by atoms with E-state index in [2.05, 4.69) is 27.9 Å². The van der Waals surface area contributed by atoms with Crippen LogP contribution in [0.2, 0.25) is 0 Å². The molecule has 0 saturated carbocycles. The summed E-state index contributed by atoms with van der Waals surface area (Å²) in [5.41, 5.74) is 0. The Morgan fingerprint density at radius 1 is 0.489 bits per heavy atom. The molecular weight excluding hydrogens is 582 g/mol. The van der Waals surface area contributed by atoms with Crippen LogP contribution in [0.25, 0.3) is 0 Å². The Hall–Kier alpha value is -1.10. The van der Waals surface area contributed by atoms with Gasteiger partial charge in [0, 0.05) is 18.8 Å². The van der Waals surface area contributed by atoms with Crippen molar-refractivity contribution in [2.45, 2.75) is 232 Å². The van der Waals surface area contributed by atoms with Crippen molar-refractivity contribution in [1.29, 1.82) is 0 Å². The summed E-state index contributed by atoms with van der Waals surface area (Å²) in [4.78, 5) is 23.7. The number of quaternary nitrogens is 1. The number of nitrogens with zero attached hydrogens (tertiary/aromatic N) is 1. The highest BCUT2D eigenvalue weighted by Crippen LogP contribution is 2.18. The number of carboxylic acids is 1. The fourth-order valence-corrected chi connectivity index (χ4v) is 6.93. The third kappa shape index (κ3) is 36.0. The molecule has 0 aromatic rings. The van der Waals surface area contributed by atoms with Gasteiger partial charge in [-0.3, -0.25) is 4.79 Å². The Bertz CT molecular complexity index is 680. The number of carboxylic acid groups (broad SMARTS) is 1. The molecular formula is C42H83NO4. The van der Waals surface area contributed by atoms with Crippen LogP contribution in [0.3, 0.4) is 0 Å². The smallest absolute Gasteiger partial charge is 0.306 e. The van der Waals surface area contributed by atoms with Crippen LogP contribution < -0.4 is 5.11 Å². The van der Waals surface area contributed by atoms with Crippen LogP contribution in [-0.2, 0) is 14.3 Å². The van der Waals surface area contributed by atoms with Gasteiger partial charge >= 0.3 is 5.97 Å². The van der Waals surface area contributed by atoms with Gasteiger partial charge in [0.25, 0.3) is 0 Å². The van der Waals surface area contributed by atoms with Crippen LogP contribution in [-0.4, -0.2) is 49.7 Å². The topological polar surface area (TPSA) is 66.4 Å². The van der Waals surface area contributed by atoms with Gasteiger partial charge in [-0.15, -0.1) is 0 Å². The van der Waals surface area contributed by atoms with Crippen LogP contribution in [0.15, 0.2) is 0 Å². The van der Waals surface area contributed by atoms with E-state index < -0.39 is 5.97 Å². The van der Waals surface area contributed by atoms with Crippen molar-refractivity contribution in [3.63, 3.8) is 0 Å². The number of esters is 1. The van der Waals surface area contributed by atoms with Crippen molar-refractivity contribution < 1.29 is 23.9 Å². The van der Waals surface area contributed by atoms with Crippen molar-refractivity contribution >= 4 is 11.9 Å². The third-order valence-corrected chi connectivity index (χ3v) is 10.0. The minimum atomic E-state index is -0.987. The number of hydrogen-bond acceptors (Lipinski definition) is 4. The first-order chi connectivity index (χ1) is 22.8. The highest BCUT2D eigenvalue weighted by Gasteiger charge is 2.24. The lowest BCUT2D eigenvalue weighted by atomic mass is 10.0. The summed E-state index contributed by atoms with van der Waals surface area (Å²) in [7, 11) is 4.24. The van der Waals surface area contributed by atoms with E-state index in [1.807, 2.05) is 0 Å². The zero-order chi connectivity index (χ0) is 34.7. The zero-order valence-electron chi connectivity index (χ0n) is 32.4. The van der Waals surface area contributed by atoms with Crippen LogP contribution >= 0.6 is 0 Å². The summed E-state index contributed by atoms with van der Waals surface area (Å²) in [6, 6.07) is 0. The number of aliphatic carboxylic acids is 1. The van der Waals surface area contributed by atoms with Crippen LogP contribution in [0, 0.1) is 0 Å². The van der Waals surface area contributed by atoms with E-state index in [-0.39, 0.29) is 18.5 Å². The molecule has 280 valence electrons. The molecule has 0 heterocycles. The molecule has 0 N–H and O–H groups in total. The Labute approximate surface area is 294 Å². The average Bonchev–Trinajstić information content (AvgIpc) is 3.02. The van der Waals surface area contributed by atoms with E-state index in [0.717, 1.165) is 38.8 Å². The molecule has 0 aromatic heterocycles. The monoisotopic (exact) mass is 666 g/mol. The Morgan fingerprint density at radius 2 is 0.830 bits per heavy atom. The van der Waals surface area contributed by atoms with Gasteiger partial charge in [0.05, 0.1) is 20.6 Å². The standard InChI is InChI=1S/C42H83NO4/c1-5-7-9-11-13-15-17-19-21-23-25-27-29-31-33-37-42(46)47-40(39-43(3,4)38-34-36-41(44)45)35-32-30-28-26-24-22-20-18-16-14-12-10-8-6-2/h40H,5-39H2,1-4H3. The van der Waals surface area contributed by atoms with Gasteiger partial charge in [-0.1, -0.05) is 187 Å². The van der Waals surface area contributed by atoms with E-state index in [1.54, 1.807) is 0 Å². The molecule has 0 saturated heterocycles. The third-order valence-electron chi connectivity index (χ3n) is 10.0. The van der Waals surface area contributed by atoms with E-state index in [1.165, 1.54) is 167 Å². The van der Waals surface area contributed by atoms with Gasteiger partial charge in [0.15, 0.2) is 6.10 Å². The van der Waals surface area contributed by atoms with Crippen LogP contribution in [0.5, 0.6) is 0 Å². The maximum Gasteiger partial charge on any atom is 0.306 e. The molecule has 0 aromatic carbocycles. The lowest BCUT2D eigenvalue weighted by Gasteiger charge is -2.33. The molecule has 1 unspecified atom stereocenters. The first-order valence-corrected chi connectivity index (χ1v) is 21.0. The van der Waals surface area contributed by atoms with Gasteiger partial charge < -0.3 is 19.1 Å². The van der Waals surface area contributed by atoms with E-state index in [4.69, 9.17) is 4.74 Å². The number of carbonyl (C=O) groups is 2. The minimum Gasteiger partial charge on any atom is -0.550 e. The summed E-state index contributed by atoms with van der Waals surface area (Å²) < 4.78 is 6.73. The first-order valence-electron chi connectivity index (χ1n) is 21.0. The van der Waals surface area contributed by atoms with Gasteiger partial charge in [-0.25, -0.2) is 0 Å². The maximum atomic E-state index is 12.8. The molecule has 0 bridgehead atoms. The Balaban J connectivity index is 4.13. The van der Waals surface area contributed by atoms with Crippen molar-refractivity contribution in [3.8, 4) is 0 Å². The van der Waals surface area contributed by atoms with Gasteiger partial charge in [0.1, 0.15) is 6.54 Å². The van der Waals surface area contributed by atoms with E-state index in [0.29, 0.717) is 17.3 Å². The van der Waals surface area contributed by atoms with E-state index >= 15 is 0 Å². The first kappa shape index (κ1) is 45.9. The molecule has 0 aliphatic carbocycles. The highest BCUT2D eigenvalue weighted by molar-refractivity contribution is 5.69. The van der Waals surface area contributed by atoms with Crippen molar-refractivity contribution in [2.24, 2.45) is 0 Å². The fourth-order valence-electron chi connectivity index (χ4n) is 6.93. The largest absolute Gasteiger partial charge is 0.550 e. The SMILES string of the molecule is CCCCCCCCCCCCCCCCCC(=O)OC(CCCCCCCCCCCCCCCC)C[N+](C)(C)CCCC(=O)[O-]. The van der Waals surface area contributed by atoms with Crippen molar-refractivity contribution in [1.82, 2.24) is 0 Å². The quantitative estimate of drug-likeness (QED) is 0.0374. The van der Waals surface area contributed by atoms with Gasteiger partial charge in [-0.2, -0.15) is 0 Å². The molecule has 0 aliphatic heterocycles. The Kier molecular flexibility index (Phi) is 33.9. The maximum absolute atomic E-state index is 12.8. The summed E-state index contributed by atoms with van der Waals surface area (Å²) >= 11 is 0. The molecule has 0 spiro atoms. The number of ether oxygens (including phenoxy) is 1. The predicted octanol–water partition coefficient (Wildman–Crippen LogP) is 11.6. The second-order valence-corrected chi connectivity index (χ2v) is 15.5. The number of hydrogen-bond donors (Lipinski definition) is 0. The number of carbonyl (C=O) groups excluding carboxylic acids is 2. The molecule has 0 fully saturated rings. The molecule has 47 heavy (non-hydrogen) atoms. The fraction of sp³-hybridized carbons (Fsp3) is 0.952. The zero-order valence-corrected chi connectivity index (χ0v) is 32.4. The van der Waals surface area contributed by atoms with Crippen LogP contribution in [0.4, 0.5) is 0 Å². The second-order valence-electron chi connectivity index (χ2n) is 15.5. The number of likely N-dealkylation sites (N-methyl/N-ethyl adjacent to an activating group) is 1. The normalized spacial score (nSPS) is 12.4. The lowest BCUT2D eigenvalue weighted by Crippen LogP contribution is -2.47. The second kappa shape index (κ2) is 34.8. The van der Waals surface area contributed by atoms with Crippen molar-refractivity contribution in [2.75, 3.05) is 27.2 Å². The molecule has 5 heteroatoms. The molecule has 5 nitrogen and oxygen atoms in total. The lowest BCUT2D eigenvalue weighted by molar-refractivity contribution is -0.893. The number of unbranched alkanes of at least 4 members (excludes halogenated alkanes) is 27. The molecule has 1 atom stereocenters. The highest BCUT2D eigenvalue weighted by atomic mass is 16.5.